The van der Waals surface area contributed by atoms with E-state index in [1.54, 1.807) is 13.3 Å². The number of rotatable bonds is 4. The van der Waals surface area contributed by atoms with E-state index < -0.39 is 0 Å². The van der Waals surface area contributed by atoms with Crippen LogP contribution in [0.2, 0.25) is 0 Å². The maximum Gasteiger partial charge on any atom is 0.247 e. The van der Waals surface area contributed by atoms with Crippen LogP contribution in [0.15, 0.2) is 33.4 Å². The first-order chi connectivity index (χ1) is 14.6. The molecule has 1 saturated heterocycles. The number of piperazine rings is 1. The molecule has 4 heterocycles. The molecular formula is C21H23N7O2. The number of oxazole rings is 1. The molecule has 0 aliphatic carbocycles. The summed E-state index contributed by atoms with van der Waals surface area (Å²) in [5, 5.41) is 7.95. The van der Waals surface area contributed by atoms with Crippen molar-refractivity contribution in [3.8, 4) is 11.5 Å². The normalized spacial score (nSPS) is 15.2. The minimum absolute atomic E-state index is 0.485. The van der Waals surface area contributed by atoms with Crippen LogP contribution in [0, 0.1) is 20.8 Å². The summed E-state index contributed by atoms with van der Waals surface area (Å²) >= 11 is 0. The second-order valence-electron chi connectivity index (χ2n) is 7.59. The van der Waals surface area contributed by atoms with Gasteiger partial charge in [0.05, 0.1) is 6.54 Å². The van der Waals surface area contributed by atoms with Gasteiger partial charge in [-0.1, -0.05) is 0 Å². The number of hydrogen-bond acceptors (Lipinski definition) is 9. The molecular weight excluding hydrogens is 382 g/mol. The lowest BCUT2D eigenvalue weighted by molar-refractivity contribution is 0.228. The molecule has 1 fully saturated rings. The number of anilines is 1. The highest BCUT2D eigenvalue weighted by Crippen LogP contribution is 2.25. The van der Waals surface area contributed by atoms with Crippen LogP contribution in [0.25, 0.3) is 22.6 Å². The van der Waals surface area contributed by atoms with E-state index in [4.69, 9.17) is 8.83 Å². The monoisotopic (exact) mass is 405 g/mol. The molecule has 0 amide bonds. The molecule has 0 bridgehead atoms. The van der Waals surface area contributed by atoms with Crippen molar-refractivity contribution < 1.29 is 8.83 Å². The van der Waals surface area contributed by atoms with E-state index in [-0.39, 0.29) is 0 Å². The van der Waals surface area contributed by atoms with E-state index in [1.807, 2.05) is 25.1 Å². The zero-order valence-electron chi connectivity index (χ0n) is 17.3. The number of hydrogen-bond donors (Lipinski definition) is 0. The molecule has 0 atom stereocenters. The molecule has 1 aromatic carbocycles. The highest BCUT2D eigenvalue weighted by molar-refractivity contribution is 5.78. The predicted molar refractivity (Wildman–Crippen MR) is 111 cm³/mol. The summed E-state index contributed by atoms with van der Waals surface area (Å²) in [5.41, 5.74) is 4.57. The number of aromatic nitrogens is 5. The number of nitrogens with zero attached hydrogens (tertiary/aromatic N) is 7. The van der Waals surface area contributed by atoms with Gasteiger partial charge in [-0.15, -0.1) is 10.2 Å². The van der Waals surface area contributed by atoms with Crippen LogP contribution in [0.4, 0.5) is 5.82 Å². The van der Waals surface area contributed by atoms with Gasteiger partial charge in [0, 0.05) is 49.9 Å². The van der Waals surface area contributed by atoms with Gasteiger partial charge in [-0.2, -0.15) is 0 Å². The highest BCUT2D eigenvalue weighted by atomic mass is 16.4. The second kappa shape index (κ2) is 7.49. The van der Waals surface area contributed by atoms with Crippen LogP contribution < -0.4 is 4.90 Å². The standard InChI is InChI=1S/C21H23N7O2/c1-13-14(2)22-12-23-20(13)28-8-6-27(7-9-28)11-19-24-17-5-4-16(10-18(17)30-19)21-26-25-15(3)29-21/h4-5,10,12H,6-9,11H2,1-3H3. The molecule has 0 radical (unpaired) electrons. The van der Waals surface area contributed by atoms with Gasteiger partial charge in [0.1, 0.15) is 17.7 Å². The van der Waals surface area contributed by atoms with Crippen molar-refractivity contribution in [3.05, 3.63) is 47.6 Å². The van der Waals surface area contributed by atoms with E-state index in [2.05, 4.69) is 41.9 Å². The van der Waals surface area contributed by atoms with Crippen molar-refractivity contribution in [1.29, 1.82) is 0 Å². The topological polar surface area (TPSA) is 97.2 Å². The largest absolute Gasteiger partial charge is 0.439 e. The summed E-state index contributed by atoms with van der Waals surface area (Å²) < 4.78 is 11.5. The number of aryl methyl sites for hydroxylation is 2. The third-order valence-electron chi connectivity index (χ3n) is 5.55. The van der Waals surface area contributed by atoms with Crippen LogP contribution >= 0.6 is 0 Å². The third-order valence-corrected chi connectivity index (χ3v) is 5.55. The minimum atomic E-state index is 0.485. The Hall–Kier alpha value is -3.33. The minimum Gasteiger partial charge on any atom is -0.439 e. The molecule has 1 aliphatic heterocycles. The first-order valence-electron chi connectivity index (χ1n) is 10.0. The molecule has 30 heavy (non-hydrogen) atoms. The van der Waals surface area contributed by atoms with Crippen LogP contribution in [-0.2, 0) is 6.54 Å². The average Bonchev–Trinajstić information content (AvgIpc) is 3.35. The number of fused-ring (bicyclic) bond motifs is 1. The van der Waals surface area contributed by atoms with Gasteiger partial charge in [-0.3, -0.25) is 4.90 Å². The van der Waals surface area contributed by atoms with Gasteiger partial charge in [0.2, 0.25) is 17.7 Å². The predicted octanol–water partition coefficient (Wildman–Crippen LogP) is 2.92. The van der Waals surface area contributed by atoms with Gasteiger partial charge in [0.15, 0.2) is 5.58 Å². The second-order valence-corrected chi connectivity index (χ2v) is 7.59. The lowest BCUT2D eigenvalue weighted by Gasteiger charge is -2.35. The molecule has 0 unspecified atom stereocenters. The first-order valence-corrected chi connectivity index (χ1v) is 10.0. The van der Waals surface area contributed by atoms with Crippen molar-refractivity contribution in [1.82, 2.24) is 30.0 Å². The van der Waals surface area contributed by atoms with E-state index in [0.29, 0.717) is 24.2 Å². The van der Waals surface area contributed by atoms with Crippen LogP contribution in [0.5, 0.6) is 0 Å². The molecule has 9 heteroatoms. The Balaban J connectivity index is 1.27. The Labute approximate surface area is 173 Å². The highest BCUT2D eigenvalue weighted by Gasteiger charge is 2.21. The van der Waals surface area contributed by atoms with Gasteiger partial charge >= 0.3 is 0 Å². The van der Waals surface area contributed by atoms with Gasteiger partial charge in [0.25, 0.3) is 0 Å². The Morgan fingerprint density at radius 1 is 0.967 bits per heavy atom. The first kappa shape index (κ1) is 18.7. The van der Waals surface area contributed by atoms with Gasteiger partial charge in [-0.05, 0) is 32.0 Å². The van der Waals surface area contributed by atoms with Gasteiger partial charge < -0.3 is 13.7 Å². The van der Waals surface area contributed by atoms with Crippen molar-refractivity contribution in [2.75, 3.05) is 31.1 Å². The Bertz CT molecular complexity index is 1190. The zero-order valence-corrected chi connectivity index (χ0v) is 17.3. The SMILES string of the molecule is Cc1nnc(-c2ccc3nc(CN4CCN(c5ncnc(C)c5C)CC4)oc3c2)o1. The Kier molecular flexibility index (Phi) is 4.66. The summed E-state index contributed by atoms with van der Waals surface area (Å²) in [6.07, 6.45) is 1.65. The van der Waals surface area contributed by atoms with Crippen molar-refractivity contribution in [2.45, 2.75) is 27.3 Å². The smallest absolute Gasteiger partial charge is 0.247 e. The third kappa shape index (κ3) is 3.52. The molecule has 154 valence electrons. The zero-order chi connectivity index (χ0) is 20.7. The van der Waals surface area contributed by atoms with Crippen LogP contribution in [0.3, 0.4) is 0 Å². The van der Waals surface area contributed by atoms with Crippen LogP contribution in [-0.4, -0.2) is 56.2 Å². The Morgan fingerprint density at radius 2 is 1.80 bits per heavy atom. The number of benzene rings is 1. The fourth-order valence-electron chi connectivity index (χ4n) is 3.74. The molecule has 9 nitrogen and oxygen atoms in total. The Morgan fingerprint density at radius 3 is 2.57 bits per heavy atom. The fraction of sp³-hybridized carbons (Fsp3) is 0.381. The van der Waals surface area contributed by atoms with Gasteiger partial charge in [-0.25, -0.2) is 15.0 Å². The maximum atomic E-state index is 6.01. The van der Waals surface area contributed by atoms with Crippen molar-refractivity contribution in [3.63, 3.8) is 0 Å². The summed E-state index contributed by atoms with van der Waals surface area (Å²) in [6, 6.07) is 5.75. The molecule has 0 N–H and O–H groups in total. The van der Waals surface area contributed by atoms with Crippen LogP contribution in [0.1, 0.15) is 23.0 Å². The molecule has 0 spiro atoms. The van der Waals surface area contributed by atoms with Crippen molar-refractivity contribution in [2.24, 2.45) is 0 Å². The quantitative estimate of drug-likeness (QED) is 0.507. The average molecular weight is 405 g/mol. The van der Waals surface area contributed by atoms with E-state index in [0.717, 1.165) is 59.9 Å². The van der Waals surface area contributed by atoms with E-state index in [9.17, 15) is 0 Å². The summed E-state index contributed by atoms with van der Waals surface area (Å²) in [6.45, 7) is 10.2. The maximum absolute atomic E-state index is 6.01. The molecule has 3 aromatic heterocycles. The van der Waals surface area contributed by atoms with E-state index >= 15 is 0 Å². The summed E-state index contributed by atoms with van der Waals surface area (Å²) in [4.78, 5) is 18.1. The van der Waals surface area contributed by atoms with E-state index in [1.165, 1.54) is 0 Å². The lowest BCUT2D eigenvalue weighted by atomic mass is 10.2. The summed E-state index contributed by atoms with van der Waals surface area (Å²) in [7, 11) is 0. The molecule has 5 rings (SSSR count). The molecule has 1 aliphatic rings. The summed E-state index contributed by atoms with van der Waals surface area (Å²) in [5.74, 6) is 2.77. The molecule has 4 aromatic rings. The molecule has 0 saturated carbocycles. The van der Waals surface area contributed by atoms with Crippen molar-refractivity contribution >= 4 is 16.9 Å². The lowest BCUT2D eigenvalue weighted by Crippen LogP contribution is -2.46. The fourth-order valence-corrected chi connectivity index (χ4v) is 3.74.